The summed E-state index contributed by atoms with van der Waals surface area (Å²) in [7, 11) is 0. The van der Waals surface area contributed by atoms with Crippen LogP contribution in [0.15, 0.2) is 36.0 Å². The Hall–Kier alpha value is -0.780. The molecule has 0 aromatic heterocycles. The van der Waals surface area contributed by atoms with Crippen LogP contribution in [0.3, 0.4) is 0 Å². The van der Waals surface area contributed by atoms with E-state index in [0.717, 1.165) is 5.92 Å². The third-order valence-corrected chi connectivity index (χ3v) is 2.72. The average molecular weight is 176 g/mol. The first-order chi connectivity index (χ1) is 6.02. The second kappa shape index (κ2) is 3.95. The molecule has 0 spiro atoms. The highest BCUT2D eigenvalue weighted by atomic mass is 14.3. The lowest BCUT2D eigenvalue weighted by Gasteiger charge is -2.08. The molecule has 0 heteroatoms. The average Bonchev–Trinajstić information content (AvgIpc) is 2.85. The number of rotatable bonds is 4. The quantitative estimate of drug-likeness (QED) is 0.565. The minimum atomic E-state index is 0.543. The fourth-order valence-corrected chi connectivity index (χ4v) is 1.29. The second-order valence-electron chi connectivity index (χ2n) is 4.36. The van der Waals surface area contributed by atoms with Crippen LogP contribution in [0.5, 0.6) is 0 Å². The van der Waals surface area contributed by atoms with E-state index >= 15 is 0 Å². The molecule has 0 radical (unpaired) electrons. The molecule has 1 saturated carbocycles. The molecule has 0 heterocycles. The van der Waals surface area contributed by atoms with Gasteiger partial charge in [-0.3, -0.25) is 0 Å². The standard InChI is InChI=1S/C13H20/c1-9(2)10(3)8-11(4)12(5)13-6-7-13/h8-9,13H,3,5-7H2,1-2,4H3/b11-8-. The van der Waals surface area contributed by atoms with Gasteiger partial charge in [0.15, 0.2) is 0 Å². The largest absolute Gasteiger partial charge is 0.0956 e. The summed E-state index contributed by atoms with van der Waals surface area (Å²) in [6.45, 7) is 14.7. The third kappa shape index (κ3) is 2.87. The zero-order valence-electron chi connectivity index (χ0n) is 9.06. The Morgan fingerprint density at radius 2 is 1.85 bits per heavy atom. The van der Waals surface area contributed by atoms with Gasteiger partial charge in [0, 0.05) is 0 Å². The highest BCUT2D eigenvalue weighted by Crippen LogP contribution is 2.39. The van der Waals surface area contributed by atoms with E-state index in [-0.39, 0.29) is 0 Å². The fourth-order valence-electron chi connectivity index (χ4n) is 1.29. The molecule has 0 amide bonds. The zero-order valence-corrected chi connectivity index (χ0v) is 9.06. The topological polar surface area (TPSA) is 0 Å². The maximum absolute atomic E-state index is 4.12. The van der Waals surface area contributed by atoms with Gasteiger partial charge in [-0.15, -0.1) is 0 Å². The Morgan fingerprint density at radius 1 is 1.31 bits per heavy atom. The van der Waals surface area contributed by atoms with Crippen molar-refractivity contribution in [1.82, 2.24) is 0 Å². The van der Waals surface area contributed by atoms with Crippen molar-refractivity contribution in [2.45, 2.75) is 33.6 Å². The number of hydrogen-bond donors (Lipinski definition) is 0. The summed E-state index contributed by atoms with van der Waals surface area (Å²) in [5.74, 6) is 1.32. The van der Waals surface area contributed by atoms with Crippen molar-refractivity contribution in [1.29, 1.82) is 0 Å². The van der Waals surface area contributed by atoms with Gasteiger partial charge in [0.05, 0.1) is 0 Å². The van der Waals surface area contributed by atoms with E-state index in [1.807, 2.05) is 0 Å². The molecule has 1 aliphatic carbocycles. The molecule has 13 heavy (non-hydrogen) atoms. The van der Waals surface area contributed by atoms with E-state index < -0.39 is 0 Å². The lowest BCUT2D eigenvalue weighted by Crippen LogP contribution is -1.92. The molecule has 1 aliphatic rings. The molecular formula is C13H20. The van der Waals surface area contributed by atoms with Gasteiger partial charge in [-0.2, -0.15) is 0 Å². The molecule has 0 bridgehead atoms. The Morgan fingerprint density at radius 3 is 2.23 bits per heavy atom. The van der Waals surface area contributed by atoms with Gasteiger partial charge < -0.3 is 0 Å². The summed E-state index contributed by atoms with van der Waals surface area (Å²) in [5, 5.41) is 0. The maximum atomic E-state index is 4.12. The van der Waals surface area contributed by atoms with Gasteiger partial charge >= 0.3 is 0 Å². The summed E-state index contributed by atoms with van der Waals surface area (Å²) in [6.07, 6.45) is 4.85. The van der Waals surface area contributed by atoms with Crippen LogP contribution < -0.4 is 0 Å². The van der Waals surface area contributed by atoms with E-state index in [1.165, 1.54) is 29.6 Å². The van der Waals surface area contributed by atoms with E-state index in [1.54, 1.807) is 0 Å². The molecular weight excluding hydrogens is 156 g/mol. The Kier molecular flexibility index (Phi) is 3.13. The van der Waals surface area contributed by atoms with Crippen LogP contribution in [0.1, 0.15) is 33.6 Å². The lowest BCUT2D eigenvalue weighted by atomic mass is 9.98. The molecule has 1 rings (SSSR count). The summed E-state index contributed by atoms with van der Waals surface area (Å²) in [4.78, 5) is 0. The van der Waals surface area contributed by atoms with Crippen LogP contribution in [-0.2, 0) is 0 Å². The monoisotopic (exact) mass is 176 g/mol. The SMILES string of the molecule is C=C(/C=C(/C)C(=C)C1CC1)C(C)C. The smallest absolute Gasteiger partial charge is 0.0165 e. The first kappa shape index (κ1) is 10.3. The van der Waals surface area contributed by atoms with Crippen LogP contribution in [0.2, 0.25) is 0 Å². The fraction of sp³-hybridized carbons (Fsp3) is 0.538. The van der Waals surface area contributed by atoms with Gasteiger partial charge in [-0.25, -0.2) is 0 Å². The molecule has 0 atom stereocenters. The Balaban J connectivity index is 2.59. The Labute approximate surface area is 82.0 Å². The molecule has 1 fully saturated rings. The number of hydrogen-bond acceptors (Lipinski definition) is 0. The van der Waals surface area contributed by atoms with Crippen molar-refractivity contribution in [2.75, 3.05) is 0 Å². The highest BCUT2D eigenvalue weighted by molar-refractivity contribution is 5.36. The first-order valence-corrected chi connectivity index (χ1v) is 5.08. The highest BCUT2D eigenvalue weighted by Gasteiger charge is 2.24. The van der Waals surface area contributed by atoms with Crippen LogP contribution in [0.4, 0.5) is 0 Å². The van der Waals surface area contributed by atoms with Crippen molar-refractivity contribution < 1.29 is 0 Å². The van der Waals surface area contributed by atoms with Crippen LogP contribution >= 0.6 is 0 Å². The molecule has 0 unspecified atom stereocenters. The van der Waals surface area contributed by atoms with Gasteiger partial charge in [-0.1, -0.05) is 38.7 Å². The van der Waals surface area contributed by atoms with Crippen molar-refractivity contribution >= 4 is 0 Å². The summed E-state index contributed by atoms with van der Waals surface area (Å²) >= 11 is 0. The van der Waals surface area contributed by atoms with E-state index in [2.05, 4.69) is 40.0 Å². The van der Waals surface area contributed by atoms with Gasteiger partial charge in [0.1, 0.15) is 0 Å². The van der Waals surface area contributed by atoms with Gasteiger partial charge in [-0.05, 0) is 42.7 Å². The van der Waals surface area contributed by atoms with Gasteiger partial charge in [0.25, 0.3) is 0 Å². The van der Waals surface area contributed by atoms with E-state index in [4.69, 9.17) is 0 Å². The van der Waals surface area contributed by atoms with Crippen LogP contribution in [-0.4, -0.2) is 0 Å². The number of allylic oxidation sites excluding steroid dienone is 4. The normalized spacial score (nSPS) is 17.7. The molecule has 72 valence electrons. The summed E-state index contributed by atoms with van der Waals surface area (Å²) in [5.41, 5.74) is 3.85. The molecule has 0 aliphatic heterocycles. The maximum Gasteiger partial charge on any atom is -0.0165 e. The van der Waals surface area contributed by atoms with E-state index in [0.29, 0.717) is 5.92 Å². The molecule has 0 N–H and O–H groups in total. The Bertz CT molecular complexity index is 249. The third-order valence-electron chi connectivity index (χ3n) is 2.72. The zero-order chi connectivity index (χ0) is 10.0. The van der Waals surface area contributed by atoms with Crippen LogP contribution in [0.25, 0.3) is 0 Å². The van der Waals surface area contributed by atoms with Crippen molar-refractivity contribution in [2.24, 2.45) is 11.8 Å². The summed E-state index contributed by atoms with van der Waals surface area (Å²) in [6, 6.07) is 0. The minimum Gasteiger partial charge on any atom is -0.0956 e. The summed E-state index contributed by atoms with van der Waals surface area (Å²) < 4.78 is 0. The molecule has 0 nitrogen and oxygen atoms in total. The second-order valence-corrected chi connectivity index (χ2v) is 4.36. The van der Waals surface area contributed by atoms with Gasteiger partial charge in [0.2, 0.25) is 0 Å². The van der Waals surface area contributed by atoms with Crippen LogP contribution in [0, 0.1) is 11.8 Å². The lowest BCUT2D eigenvalue weighted by molar-refractivity contribution is 0.793. The molecule has 0 aromatic carbocycles. The van der Waals surface area contributed by atoms with Crippen molar-refractivity contribution in [3.8, 4) is 0 Å². The predicted octanol–water partition coefficient (Wildman–Crippen LogP) is 4.11. The molecule has 0 saturated heterocycles. The predicted molar refractivity (Wildman–Crippen MR) is 59.6 cm³/mol. The van der Waals surface area contributed by atoms with Crippen molar-refractivity contribution in [3.05, 3.63) is 36.0 Å². The molecule has 0 aromatic rings. The first-order valence-electron chi connectivity index (χ1n) is 5.08. The van der Waals surface area contributed by atoms with E-state index in [9.17, 15) is 0 Å². The van der Waals surface area contributed by atoms with Crippen molar-refractivity contribution in [3.63, 3.8) is 0 Å². The minimum absolute atomic E-state index is 0.543.